The molecule has 2 aliphatic carbocycles. The molecule has 0 aromatic heterocycles. The van der Waals surface area contributed by atoms with Crippen molar-refractivity contribution in [2.75, 3.05) is 14.2 Å². The second kappa shape index (κ2) is 3.64. The zero-order valence-electron chi connectivity index (χ0n) is 10.4. The number of rotatable bonds is 3. The molecule has 2 fully saturated rings. The topological polar surface area (TPSA) is 44.5 Å². The molecule has 2 unspecified atom stereocenters. The van der Waals surface area contributed by atoms with E-state index in [1.54, 1.807) is 14.2 Å². The monoisotopic (exact) mass is 233 g/mol. The average molecular weight is 233 g/mol. The second-order valence-corrected chi connectivity index (χ2v) is 5.15. The fourth-order valence-corrected chi connectivity index (χ4v) is 3.53. The third-order valence-corrected chi connectivity index (χ3v) is 4.52. The van der Waals surface area contributed by atoms with Gasteiger partial charge in [0, 0.05) is 5.54 Å². The number of benzene rings is 1. The Hall–Kier alpha value is -1.22. The molecular weight excluding hydrogens is 214 g/mol. The van der Waals surface area contributed by atoms with Crippen LogP contribution in [-0.4, -0.2) is 14.2 Å². The molecule has 0 radical (unpaired) electrons. The summed E-state index contributed by atoms with van der Waals surface area (Å²) in [6, 6.07) is 6.08. The Labute approximate surface area is 102 Å². The Kier molecular flexibility index (Phi) is 2.33. The first kappa shape index (κ1) is 10.9. The van der Waals surface area contributed by atoms with Crippen LogP contribution < -0.4 is 15.2 Å². The summed E-state index contributed by atoms with van der Waals surface area (Å²) in [5.74, 6) is 2.91. The second-order valence-electron chi connectivity index (χ2n) is 5.15. The van der Waals surface area contributed by atoms with Crippen LogP contribution in [0.25, 0.3) is 0 Å². The maximum atomic E-state index is 6.54. The fraction of sp³-hybridized carbons (Fsp3) is 0.571. The molecule has 0 heterocycles. The maximum absolute atomic E-state index is 6.54. The van der Waals surface area contributed by atoms with Crippen LogP contribution in [-0.2, 0) is 5.54 Å². The fourth-order valence-electron chi connectivity index (χ4n) is 3.53. The van der Waals surface area contributed by atoms with Crippen LogP contribution in [0, 0.1) is 11.8 Å². The highest BCUT2D eigenvalue weighted by molar-refractivity contribution is 5.48. The van der Waals surface area contributed by atoms with Crippen LogP contribution in [0.1, 0.15) is 24.8 Å². The minimum atomic E-state index is -0.0994. The minimum Gasteiger partial charge on any atom is -0.493 e. The Morgan fingerprint density at radius 1 is 1.12 bits per heavy atom. The summed E-state index contributed by atoms with van der Waals surface area (Å²) in [5, 5.41) is 0. The largest absolute Gasteiger partial charge is 0.493 e. The Bertz CT molecular complexity index is 434. The van der Waals surface area contributed by atoms with Crippen molar-refractivity contribution >= 4 is 0 Å². The molecule has 2 N–H and O–H groups in total. The van der Waals surface area contributed by atoms with Gasteiger partial charge < -0.3 is 15.2 Å². The predicted octanol–water partition coefficient (Wildman–Crippen LogP) is 2.29. The van der Waals surface area contributed by atoms with E-state index in [4.69, 9.17) is 15.2 Å². The smallest absolute Gasteiger partial charge is 0.161 e. The van der Waals surface area contributed by atoms with E-state index in [1.807, 2.05) is 12.1 Å². The van der Waals surface area contributed by atoms with E-state index in [1.165, 1.54) is 24.8 Å². The van der Waals surface area contributed by atoms with Crippen molar-refractivity contribution in [3.63, 3.8) is 0 Å². The minimum absolute atomic E-state index is 0.0994. The molecule has 1 aromatic carbocycles. The number of methoxy groups -OCH3 is 2. The predicted molar refractivity (Wildman–Crippen MR) is 66.2 cm³/mol. The summed E-state index contributed by atoms with van der Waals surface area (Å²) in [4.78, 5) is 0. The van der Waals surface area contributed by atoms with Crippen LogP contribution >= 0.6 is 0 Å². The molecule has 0 bridgehead atoms. The highest BCUT2D eigenvalue weighted by Gasteiger charge is 2.64. The van der Waals surface area contributed by atoms with Crippen molar-refractivity contribution in [1.82, 2.24) is 0 Å². The van der Waals surface area contributed by atoms with Crippen LogP contribution in [0.15, 0.2) is 18.2 Å². The molecule has 17 heavy (non-hydrogen) atoms. The van der Waals surface area contributed by atoms with Crippen molar-refractivity contribution < 1.29 is 9.47 Å². The highest BCUT2D eigenvalue weighted by atomic mass is 16.5. The molecule has 2 saturated carbocycles. The summed E-state index contributed by atoms with van der Waals surface area (Å²) < 4.78 is 10.6. The Morgan fingerprint density at radius 2 is 1.76 bits per heavy atom. The van der Waals surface area contributed by atoms with Crippen molar-refractivity contribution in [2.24, 2.45) is 17.6 Å². The van der Waals surface area contributed by atoms with E-state index < -0.39 is 0 Å². The van der Waals surface area contributed by atoms with Crippen LogP contribution in [0.5, 0.6) is 11.5 Å². The van der Waals surface area contributed by atoms with Gasteiger partial charge in [-0.1, -0.05) is 12.5 Å². The molecule has 0 spiro atoms. The molecule has 3 heteroatoms. The van der Waals surface area contributed by atoms with E-state index in [9.17, 15) is 0 Å². The molecule has 0 amide bonds. The first-order valence-electron chi connectivity index (χ1n) is 6.23. The van der Waals surface area contributed by atoms with Crippen molar-refractivity contribution in [1.29, 1.82) is 0 Å². The van der Waals surface area contributed by atoms with Crippen molar-refractivity contribution in [3.8, 4) is 11.5 Å². The molecule has 3 rings (SSSR count). The van der Waals surface area contributed by atoms with Gasteiger partial charge in [0.25, 0.3) is 0 Å². The number of nitrogens with two attached hydrogens (primary N) is 1. The lowest BCUT2D eigenvalue weighted by Gasteiger charge is -2.18. The van der Waals surface area contributed by atoms with Gasteiger partial charge in [-0.25, -0.2) is 0 Å². The third kappa shape index (κ3) is 1.38. The Balaban J connectivity index is 1.94. The lowest BCUT2D eigenvalue weighted by atomic mass is 9.96. The van der Waals surface area contributed by atoms with Crippen molar-refractivity contribution in [3.05, 3.63) is 23.8 Å². The molecule has 1 aromatic rings. The van der Waals surface area contributed by atoms with Gasteiger partial charge in [0.05, 0.1) is 14.2 Å². The zero-order valence-corrected chi connectivity index (χ0v) is 10.4. The summed E-state index contributed by atoms with van der Waals surface area (Å²) in [6.45, 7) is 0. The highest BCUT2D eigenvalue weighted by Crippen LogP contribution is 2.64. The molecule has 2 aliphatic rings. The SMILES string of the molecule is COc1ccc(C2(N)C3CCCC32)cc1OC. The van der Waals surface area contributed by atoms with Gasteiger partial charge in [0.1, 0.15) is 0 Å². The van der Waals surface area contributed by atoms with E-state index in [2.05, 4.69) is 6.07 Å². The number of ether oxygens (including phenoxy) is 2. The van der Waals surface area contributed by atoms with Gasteiger partial charge in [-0.15, -0.1) is 0 Å². The first-order valence-corrected chi connectivity index (χ1v) is 6.23. The summed E-state index contributed by atoms with van der Waals surface area (Å²) in [7, 11) is 3.32. The lowest BCUT2D eigenvalue weighted by Crippen LogP contribution is -2.25. The zero-order chi connectivity index (χ0) is 12.0. The van der Waals surface area contributed by atoms with Crippen LogP contribution in [0.3, 0.4) is 0 Å². The molecule has 0 aliphatic heterocycles. The maximum Gasteiger partial charge on any atom is 0.161 e. The lowest BCUT2D eigenvalue weighted by molar-refractivity contribution is 0.353. The molecular formula is C14H19NO2. The van der Waals surface area contributed by atoms with Gasteiger partial charge in [0.2, 0.25) is 0 Å². The van der Waals surface area contributed by atoms with Crippen LogP contribution in [0.4, 0.5) is 0 Å². The number of hydrogen-bond donors (Lipinski definition) is 1. The normalized spacial score (nSPS) is 34.3. The molecule has 0 saturated heterocycles. The van der Waals surface area contributed by atoms with Crippen LogP contribution in [0.2, 0.25) is 0 Å². The molecule has 3 nitrogen and oxygen atoms in total. The average Bonchev–Trinajstić information content (AvgIpc) is 2.78. The first-order chi connectivity index (χ1) is 8.21. The molecule has 2 atom stereocenters. The van der Waals surface area contributed by atoms with E-state index in [-0.39, 0.29) is 5.54 Å². The van der Waals surface area contributed by atoms with E-state index in [0.29, 0.717) is 11.8 Å². The third-order valence-electron chi connectivity index (χ3n) is 4.52. The molecule has 92 valence electrons. The summed E-state index contributed by atoms with van der Waals surface area (Å²) in [6.07, 6.45) is 3.88. The van der Waals surface area contributed by atoms with Gasteiger partial charge in [0.15, 0.2) is 11.5 Å². The van der Waals surface area contributed by atoms with Gasteiger partial charge in [-0.2, -0.15) is 0 Å². The van der Waals surface area contributed by atoms with Gasteiger partial charge in [-0.05, 0) is 42.4 Å². The Morgan fingerprint density at radius 3 is 2.35 bits per heavy atom. The van der Waals surface area contributed by atoms with E-state index in [0.717, 1.165) is 11.5 Å². The number of fused-ring (bicyclic) bond motifs is 1. The summed E-state index contributed by atoms with van der Waals surface area (Å²) in [5.41, 5.74) is 7.64. The summed E-state index contributed by atoms with van der Waals surface area (Å²) >= 11 is 0. The van der Waals surface area contributed by atoms with Gasteiger partial charge >= 0.3 is 0 Å². The number of hydrogen-bond acceptors (Lipinski definition) is 3. The van der Waals surface area contributed by atoms with E-state index >= 15 is 0 Å². The van der Waals surface area contributed by atoms with Gasteiger partial charge in [-0.3, -0.25) is 0 Å². The van der Waals surface area contributed by atoms with Crippen molar-refractivity contribution in [2.45, 2.75) is 24.8 Å². The standard InChI is InChI=1S/C14H19NO2/c1-16-12-7-6-9(8-13(12)17-2)14(15)10-4-3-5-11(10)14/h6-8,10-11H,3-5,15H2,1-2H3. The quantitative estimate of drug-likeness (QED) is 0.871.